The molecule has 0 unspecified atom stereocenters. The average molecular weight is 127 g/mol. The summed E-state index contributed by atoms with van der Waals surface area (Å²) in [6.07, 6.45) is 0. The van der Waals surface area contributed by atoms with E-state index in [9.17, 15) is 0 Å². The predicted octanol–water partition coefficient (Wildman–Crippen LogP) is -1.09. The summed E-state index contributed by atoms with van der Waals surface area (Å²) < 4.78 is 0. The Labute approximate surface area is 56.4 Å². The van der Waals surface area contributed by atoms with Crippen LogP contribution in [0.25, 0.3) is 0 Å². The number of hydrogen-bond acceptors (Lipinski definition) is 1. The maximum atomic E-state index is 3.36. The zero-order chi connectivity index (χ0) is 7.07. The van der Waals surface area contributed by atoms with Crippen molar-refractivity contribution in [2.24, 2.45) is 0 Å². The van der Waals surface area contributed by atoms with Gasteiger partial charge in [0.1, 0.15) is 12.6 Å². The van der Waals surface area contributed by atoms with Gasteiger partial charge < -0.3 is 0 Å². The first-order valence-electron chi connectivity index (χ1n) is 3.40. The van der Waals surface area contributed by atoms with Crippen LogP contribution in [0.15, 0.2) is 0 Å². The molecule has 0 aliphatic carbocycles. The summed E-state index contributed by atoms with van der Waals surface area (Å²) in [5.74, 6) is 0. The lowest BCUT2D eigenvalue weighted by molar-refractivity contribution is -0.422. The molecule has 0 bridgehead atoms. The monoisotopic (exact) mass is 127 g/mol. The molecule has 1 heterocycles. The Balaban J connectivity index is 2.64. The van der Waals surface area contributed by atoms with Crippen LogP contribution in [0.1, 0.15) is 20.8 Å². The third-order valence-corrected chi connectivity index (χ3v) is 2.45. The first-order chi connectivity index (χ1) is 4.11. The van der Waals surface area contributed by atoms with Crippen LogP contribution in [0.3, 0.4) is 0 Å². The Bertz CT molecular complexity index is 151. The Morgan fingerprint density at radius 2 is 2.11 bits per heavy atom. The smallest absolute Gasteiger partial charge is 0.168 e. The molecule has 1 fully saturated rings. The quantitative estimate of drug-likeness (QED) is 0.341. The largest absolute Gasteiger partial charge is 0.297 e. The summed E-state index contributed by atoms with van der Waals surface area (Å²) >= 11 is 0. The Morgan fingerprint density at radius 1 is 1.67 bits per heavy atom. The van der Waals surface area contributed by atoms with Crippen molar-refractivity contribution in [3.05, 3.63) is 0 Å². The molecule has 0 aromatic carbocycles. The van der Waals surface area contributed by atoms with Gasteiger partial charge in [-0.3, -0.25) is 10.3 Å². The van der Waals surface area contributed by atoms with Gasteiger partial charge >= 0.3 is 0 Å². The molecule has 2 atom stereocenters. The molecule has 52 valence electrons. The summed E-state index contributed by atoms with van der Waals surface area (Å²) in [7, 11) is 1.97. The Kier molecular flexibility index (Phi) is 1.35. The predicted molar refractivity (Wildman–Crippen MR) is 38.6 cm³/mol. The van der Waals surface area contributed by atoms with Crippen LogP contribution in [0.4, 0.5) is 0 Å². The molecule has 2 N–H and O–H groups in total. The van der Waals surface area contributed by atoms with Crippen LogP contribution >= 0.6 is 0 Å². The summed E-state index contributed by atoms with van der Waals surface area (Å²) in [5, 5.41) is 3.36. The second-order valence-electron chi connectivity index (χ2n) is 2.94. The Morgan fingerprint density at radius 3 is 2.22 bits per heavy atom. The zero-order valence-electron chi connectivity index (χ0n) is 6.58. The van der Waals surface area contributed by atoms with E-state index < -0.39 is 0 Å². The molecule has 2 heteroatoms. The van der Waals surface area contributed by atoms with Gasteiger partial charge in [0.25, 0.3) is 0 Å². The van der Waals surface area contributed by atoms with E-state index in [2.05, 4.69) is 31.1 Å². The zero-order valence-corrected chi connectivity index (χ0v) is 6.58. The van der Waals surface area contributed by atoms with Gasteiger partial charge in [-0.2, -0.15) is 0 Å². The molecule has 0 aromatic heterocycles. The summed E-state index contributed by atoms with van der Waals surface area (Å²) in [6, 6.07) is 0.643. The highest BCUT2D eigenvalue weighted by molar-refractivity contribution is 5.90. The van der Waals surface area contributed by atoms with Gasteiger partial charge in [0, 0.05) is 13.0 Å². The summed E-state index contributed by atoms with van der Waals surface area (Å²) in [5.41, 5.74) is 1.60. The Hall–Kier alpha value is -0.370. The van der Waals surface area contributed by atoms with E-state index in [1.165, 1.54) is 5.71 Å². The molecule has 0 amide bonds. The van der Waals surface area contributed by atoms with Gasteiger partial charge in [-0.05, 0) is 13.8 Å². The van der Waals surface area contributed by atoms with Crippen molar-refractivity contribution < 1.29 is 4.99 Å². The molecule has 9 heavy (non-hydrogen) atoms. The van der Waals surface area contributed by atoms with Crippen LogP contribution in [-0.2, 0) is 0 Å². The first-order valence-corrected chi connectivity index (χ1v) is 3.40. The van der Waals surface area contributed by atoms with Crippen LogP contribution in [0.2, 0.25) is 0 Å². The van der Waals surface area contributed by atoms with Crippen molar-refractivity contribution in [3.63, 3.8) is 0 Å². The molecule has 1 rings (SSSR count). The van der Waals surface area contributed by atoms with Crippen LogP contribution in [0, 0.1) is 0 Å². The minimum atomic E-state index is 0.273. The number of nitrogens with one attached hydrogen (secondary N) is 2. The molecule has 1 aliphatic heterocycles. The standard InChI is InChI=1S/C7H14N2/c1-5(8-4)7(3)6(2)9-7/h6,9H,1-4H3/p+1/t6-,7+/m1/s1. The van der Waals surface area contributed by atoms with E-state index in [0.29, 0.717) is 6.04 Å². The lowest BCUT2D eigenvalue weighted by atomic mass is 10.0. The molecule has 1 saturated heterocycles. The molecular weight excluding hydrogens is 112 g/mol. The van der Waals surface area contributed by atoms with Gasteiger partial charge in [0.05, 0.1) is 0 Å². The lowest BCUT2D eigenvalue weighted by Gasteiger charge is -1.98. The van der Waals surface area contributed by atoms with Crippen molar-refractivity contribution in [2.45, 2.75) is 32.4 Å². The third-order valence-electron chi connectivity index (χ3n) is 2.45. The van der Waals surface area contributed by atoms with E-state index in [4.69, 9.17) is 0 Å². The lowest BCUT2D eigenvalue weighted by Crippen LogP contribution is -2.70. The van der Waals surface area contributed by atoms with E-state index in [-0.39, 0.29) is 5.54 Å². The second kappa shape index (κ2) is 1.81. The first kappa shape index (κ1) is 6.75. The van der Waals surface area contributed by atoms with Crippen LogP contribution < -0.4 is 10.3 Å². The van der Waals surface area contributed by atoms with E-state index in [0.717, 1.165) is 0 Å². The normalized spacial score (nSPS) is 43.1. The molecular formula is C7H15N2+. The molecule has 0 spiro atoms. The molecule has 0 aromatic rings. The van der Waals surface area contributed by atoms with Crippen molar-refractivity contribution in [1.82, 2.24) is 5.32 Å². The maximum absolute atomic E-state index is 3.36. The molecule has 2 nitrogen and oxygen atoms in total. The molecule has 1 aliphatic rings. The van der Waals surface area contributed by atoms with Crippen molar-refractivity contribution in [1.29, 1.82) is 0 Å². The summed E-state index contributed by atoms with van der Waals surface area (Å²) in [6.45, 7) is 6.53. The number of hydrogen-bond donors (Lipinski definition) is 2. The second-order valence-corrected chi connectivity index (χ2v) is 2.94. The summed E-state index contributed by atoms with van der Waals surface area (Å²) in [4.78, 5) is 3.15. The highest BCUT2D eigenvalue weighted by atomic mass is 15.2. The fraction of sp³-hybridized carbons (Fsp3) is 0.857. The SMILES string of the molecule is C[NH+]=C(C)[C@]1(C)N[C@@H]1C. The van der Waals surface area contributed by atoms with Crippen molar-refractivity contribution in [3.8, 4) is 0 Å². The van der Waals surface area contributed by atoms with Gasteiger partial charge in [-0.25, -0.2) is 0 Å². The van der Waals surface area contributed by atoms with Gasteiger partial charge in [0.15, 0.2) is 5.71 Å². The fourth-order valence-corrected chi connectivity index (χ4v) is 1.10. The van der Waals surface area contributed by atoms with Gasteiger partial charge in [-0.15, -0.1) is 0 Å². The van der Waals surface area contributed by atoms with E-state index >= 15 is 0 Å². The topological polar surface area (TPSA) is 35.9 Å². The fourth-order valence-electron chi connectivity index (χ4n) is 1.10. The highest BCUT2D eigenvalue weighted by Crippen LogP contribution is 2.24. The molecule has 0 radical (unpaired) electrons. The average Bonchev–Trinajstić information content (AvgIpc) is 2.41. The number of rotatable bonds is 1. The van der Waals surface area contributed by atoms with E-state index in [1.54, 1.807) is 0 Å². The van der Waals surface area contributed by atoms with Crippen molar-refractivity contribution >= 4 is 5.71 Å². The molecule has 0 saturated carbocycles. The van der Waals surface area contributed by atoms with E-state index in [1.807, 2.05) is 7.05 Å². The van der Waals surface area contributed by atoms with Crippen LogP contribution in [0.5, 0.6) is 0 Å². The van der Waals surface area contributed by atoms with Gasteiger partial charge in [-0.1, -0.05) is 0 Å². The third kappa shape index (κ3) is 0.874. The van der Waals surface area contributed by atoms with Crippen molar-refractivity contribution in [2.75, 3.05) is 7.05 Å². The van der Waals surface area contributed by atoms with Crippen LogP contribution in [-0.4, -0.2) is 24.3 Å². The minimum absolute atomic E-state index is 0.273. The maximum Gasteiger partial charge on any atom is 0.168 e. The minimum Gasteiger partial charge on any atom is -0.297 e. The van der Waals surface area contributed by atoms with Gasteiger partial charge in [0.2, 0.25) is 0 Å². The highest BCUT2D eigenvalue weighted by Gasteiger charge is 2.51.